The molecule has 2 saturated heterocycles. The normalized spacial score (nSPS) is 20.7. The van der Waals surface area contributed by atoms with Gasteiger partial charge in [0.1, 0.15) is 0 Å². The molecule has 3 fully saturated rings. The molecule has 2 aliphatic heterocycles. The third-order valence-corrected chi connectivity index (χ3v) is 7.69. The molecule has 0 unspecified atom stereocenters. The first-order valence-electron chi connectivity index (χ1n) is 12.9. The molecule has 1 aromatic rings. The molecule has 0 spiro atoms. The Bertz CT molecular complexity index is 791. The highest BCUT2D eigenvalue weighted by molar-refractivity contribution is 5.94. The minimum absolute atomic E-state index is 0.0934. The Morgan fingerprint density at radius 1 is 0.939 bits per heavy atom. The standard InChI is InChI=1S/C26H41N5O2/c1-4-31(21(2)3)26(33)22-8-10-24(11-9-22)28-14-12-27(13-15-28)20-25(32)30-18-16-29(17-19-30)23-6-5-7-23/h8-11,21,23H,4-7,12-20H2,1-3H3. The largest absolute Gasteiger partial charge is 0.369 e. The van der Waals surface area contributed by atoms with Gasteiger partial charge in [-0.3, -0.25) is 19.4 Å². The van der Waals surface area contributed by atoms with E-state index in [0.29, 0.717) is 6.54 Å². The maximum absolute atomic E-state index is 12.8. The average molecular weight is 456 g/mol. The molecule has 0 radical (unpaired) electrons. The van der Waals surface area contributed by atoms with E-state index in [1.807, 2.05) is 24.0 Å². The molecule has 4 rings (SSSR count). The molecular formula is C26H41N5O2. The summed E-state index contributed by atoms with van der Waals surface area (Å²) >= 11 is 0. The van der Waals surface area contributed by atoms with Crippen LogP contribution in [0.25, 0.3) is 0 Å². The van der Waals surface area contributed by atoms with Gasteiger partial charge in [-0.25, -0.2) is 0 Å². The Labute approximate surface area is 199 Å². The van der Waals surface area contributed by atoms with Crippen LogP contribution in [0.1, 0.15) is 50.4 Å². The van der Waals surface area contributed by atoms with E-state index >= 15 is 0 Å². The van der Waals surface area contributed by atoms with Crippen molar-refractivity contribution in [3.63, 3.8) is 0 Å². The highest BCUT2D eigenvalue weighted by atomic mass is 16.2. The Hall–Kier alpha value is -2.12. The van der Waals surface area contributed by atoms with Gasteiger partial charge in [-0.2, -0.15) is 0 Å². The van der Waals surface area contributed by atoms with Crippen LogP contribution in [0.15, 0.2) is 24.3 Å². The predicted molar refractivity (Wildman–Crippen MR) is 133 cm³/mol. The fourth-order valence-corrected chi connectivity index (χ4v) is 5.27. The molecule has 33 heavy (non-hydrogen) atoms. The Morgan fingerprint density at radius 2 is 1.58 bits per heavy atom. The van der Waals surface area contributed by atoms with Gasteiger partial charge in [-0.15, -0.1) is 0 Å². The second-order valence-corrected chi connectivity index (χ2v) is 10.00. The molecule has 7 nitrogen and oxygen atoms in total. The molecule has 1 aromatic carbocycles. The summed E-state index contributed by atoms with van der Waals surface area (Å²) in [4.78, 5) is 36.7. The van der Waals surface area contributed by atoms with Crippen LogP contribution in [-0.4, -0.2) is 109 Å². The lowest BCUT2D eigenvalue weighted by molar-refractivity contribution is -0.134. The first-order valence-corrected chi connectivity index (χ1v) is 12.9. The summed E-state index contributed by atoms with van der Waals surface area (Å²) in [6, 6.07) is 8.99. The number of carbonyl (C=O) groups excluding carboxylic acids is 2. The van der Waals surface area contributed by atoms with Gasteiger partial charge < -0.3 is 14.7 Å². The van der Waals surface area contributed by atoms with Crippen LogP contribution in [0.4, 0.5) is 5.69 Å². The van der Waals surface area contributed by atoms with Gasteiger partial charge in [0.15, 0.2) is 0 Å². The summed E-state index contributed by atoms with van der Waals surface area (Å²) < 4.78 is 0. The number of hydrogen-bond donors (Lipinski definition) is 0. The highest BCUT2D eigenvalue weighted by Crippen LogP contribution is 2.25. The number of benzene rings is 1. The minimum atomic E-state index is 0.0934. The van der Waals surface area contributed by atoms with Gasteiger partial charge in [0.05, 0.1) is 6.54 Å². The first-order chi connectivity index (χ1) is 16.0. The van der Waals surface area contributed by atoms with Crippen LogP contribution in [0.2, 0.25) is 0 Å². The molecular weight excluding hydrogens is 414 g/mol. The van der Waals surface area contributed by atoms with Crippen molar-refractivity contribution in [2.75, 3.05) is 70.3 Å². The molecule has 2 heterocycles. The fourth-order valence-electron chi connectivity index (χ4n) is 5.27. The van der Waals surface area contributed by atoms with Crippen molar-refractivity contribution in [2.45, 2.75) is 52.1 Å². The van der Waals surface area contributed by atoms with Crippen molar-refractivity contribution in [2.24, 2.45) is 0 Å². The second kappa shape index (κ2) is 10.9. The van der Waals surface area contributed by atoms with E-state index in [2.05, 4.69) is 45.6 Å². The predicted octanol–water partition coefficient (Wildman–Crippen LogP) is 2.38. The Kier molecular flexibility index (Phi) is 7.91. The van der Waals surface area contributed by atoms with Gasteiger partial charge in [0, 0.05) is 82.2 Å². The molecule has 0 bridgehead atoms. The van der Waals surface area contributed by atoms with Crippen molar-refractivity contribution in [3.05, 3.63) is 29.8 Å². The van der Waals surface area contributed by atoms with Crippen LogP contribution < -0.4 is 4.90 Å². The van der Waals surface area contributed by atoms with E-state index in [1.165, 1.54) is 19.3 Å². The SMILES string of the molecule is CCN(C(=O)c1ccc(N2CCN(CC(=O)N3CCN(C4CCC4)CC3)CC2)cc1)C(C)C. The summed E-state index contributed by atoms with van der Waals surface area (Å²) in [6.07, 6.45) is 4.05. The van der Waals surface area contributed by atoms with E-state index < -0.39 is 0 Å². The number of nitrogens with zero attached hydrogens (tertiary/aromatic N) is 5. The monoisotopic (exact) mass is 455 g/mol. The highest BCUT2D eigenvalue weighted by Gasteiger charge is 2.30. The summed E-state index contributed by atoms with van der Waals surface area (Å²) in [5.74, 6) is 0.376. The van der Waals surface area contributed by atoms with Gasteiger partial charge in [0.25, 0.3) is 5.91 Å². The van der Waals surface area contributed by atoms with E-state index in [-0.39, 0.29) is 17.9 Å². The molecule has 2 amide bonds. The summed E-state index contributed by atoms with van der Waals surface area (Å²) in [5, 5.41) is 0. The zero-order valence-corrected chi connectivity index (χ0v) is 20.7. The van der Waals surface area contributed by atoms with Crippen LogP contribution in [-0.2, 0) is 4.79 Å². The maximum Gasteiger partial charge on any atom is 0.254 e. The van der Waals surface area contributed by atoms with Gasteiger partial charge >= 0.3 is 0 Å². The molecule has 0 atom stereocenters. The zero-order valence-electron chi connectivity index (χ0n) is 20.7. The third kappa shape index (κ3) is 5.69. The van der Waals surface area contributed by atoms with Gasteiger partial charge in [-0.05, 0) is 57.9 Å². The van der Waals surface area contributed by atoms with Crippen LogP contribution in [0.5, 0.6) is 0 Å². The van der Waals surface area contributed by atoms with Crippen molar-refractivity contribution in [3.8, 4) is 0 Å². The molecule has 3 aliphatic rings. The summed E-state index contributed by atoms with van der Waals surface area (Å²) in [5.41, 5.74) is 1.90. The average Bonchev–Trinajstić information content (AvgIpc) is 2.79. The Balaban J connectivity index is 1.22. The van der Waals surface area contributed by atoms with Gasteiger partial charge in [-0.1, -0.05) is 6.42 Å². The fraction of sp³-hybridized carbons (Fsp3) is 0.692. The quantitative estimate of drug-likeness (QED) is 0.632. The number of amides is 2. The number of hydrogen-bond acceptors (Lipinski definition) is 5. The number of piperazine rings is 2. The number of anilines is 1. The minimum Gasteiger partial charge on any atom is -0.369 e. The van der Waals surface area contributed by atoms with E-state index in [0.717, 1.165) is 76.2 Å². The second-order valence-electron chi connectivity index (χ2n) is 10.00. The third-order valence-electron chi connectivity index (χ3n) is 7.69. The van der Waals surface area contributed by atoms with Crippen molar-refractivity contribution < 1.29 is 9.59 Å². The summed E-state index contributed by atoms with van der Waals surface area (Å²) in [7, 11) is 0. The molecule has 1 aliphatic carbocycles. The number of rotatable bonds is 7. The molecule has 182 valence electrons. The van der Waals surface area contributed by atoms with Gasteiger partial charge in [0.2, 0.25) is 5.91 Å². The van der Waals surface area contributed by atoms with E-state index in [1.54, 1.807) is 0 Å². The van der Waals surface area contributed by atoms with Crippen LogP contribution >= 0.6 is 0 Å². The van der Waals surface area contributed by atoms with E-state index in [9.17, 15) is 9.59 Å². The lowest BCUT2D eigenvalue weighted by Crippen LogP contribution is -2.56. The van der Waals surface area contributed by atoms with Crippen LogP contribution in [0, 0.1) is 0 Å². The smallest absolute Gasteiger partial charge is 0.254 e. The topological polar surface area (TPSA) is 50.3 Å². The summed E-state index contributed by atoms with van der Waals surface area (Å²) in [6.45, 7) is 14.8. The first kappa shape index (κ1) is 24.0. The van der Waals surface area contributed by atoms with Crippen molar-refractivity contribution in [1.29, 1.82) is 0 Å². The zero-order chi connectivity index (χ0) is 23.4. The van der Waals surface area contributed by atoms with Crippen molar-refractivity contribution >= 4 is 17.5 Å². The lowest BCUT2D eigenvalue weighted by atomic mass is 9.91. The van der Waals surface area contributed by atoms with Crippen molar-refractivity contribution in [1.82, 2.24) is 19.6 Å². The molecule has 0 N–H and O–H groups in total. The Morgan fingerprint density at radius 3 is 2.09 bits per heavy atom. The molecule has 7 heteroatoms. The maximum atomic E-state index is 12.8. The number of carbonyl (C=O) groups is 2. The lowest BCUT2D eigenvalue weighted by Gasteiger charge is -2.43. The van der Waals surface area contributed by atoms with Crippen LogP contribution in [0.3, 0.4) is 0 Å². The molecule has 0 aromatic heterocycles. The molecule has 1 saturated carbocycles. The van der Waals surface area contributed by atoms with E-state index in [4.69, 9.17) is 0 Å².